The lowest BCUT2D eigenvalue weighted by atomic mass is 9.72. The van der Waals surface area contributed by atoms with Crippen LogP contribution in [0.4, 0.5) is 28.4 Å². The molecule has 5 aromatic rings. The minimum Gasteiger partial charge on any atom is -0.471 e. The molecule has 3 N–H and O–H groups in total. The maximum absolute atomic E-state index is 14.4. The fourth-order valence-electron chi connectivity index (χ4n) is 9.50. The van der Waals surface area contributed by atoms with Gasteiger partial charge in [0.05, 0.1) is 27.6 Å². The van der Waals surface area contributed by atoms with Crippen LogP contribution in [0.2, 0.25) is 5.02 Å². The third-order valence-corrected chi connectivity index (χ3v) is 14.8. The molecule has 1 atom stereocenters. The van der Waals surface area contributed by atoms with Gasteiger partial charge < -0.3 is 29.6 Å². The Morgan fingerprint density at radius 2 is 1.77 bits per heavy atom. The molecule has 3 aromatic carbocycles. The average Bonchev–Trinajstić information content (AvgIpc) is 3.76. The number of carbonyl (C=O) groups excluding carboxylic acids is 1. The monoisotopic (exact) mass is 922 g/mol. The highest BCUT2D eigenvalue weighted by atomic mass is 35.5. The number of aromatic nitrogens is 2. The van der Waals surface area contributed by atoms with Gasteiger partial charge in [-0.05, 0) is 116 Å². The molecule has 9 rings (SSSR count). The second kappa shape index (κ2) is 18.3. The third-order valence-electron chi connectivity index (χ3n) is 13.2. The molecule has 2 fully saturated rings. The molecule has 15 nitrogen and oxygen atoms in total. The predicted octanol–water partition coefficient (Wildman–Crippen LogP) is 8.79. The number of hydrogen-bond donors (Lipinski definition) is 3. The standard InChI is InChI=1S/C48H55ClN8O7S/c1-31-29-56(44-24-34-13-17-50-45(34)52-47(44)64-31)42-25-37(55-20-18-54(19-21-55)30-35-12-16-48(2,3)27-40(35)33-4-6-36(49)7-5-33)8-10-39(42)46(58)53-65(61,62)38-9-11-41(43(26-38)57(59)60)51-28-32-14-22-63-23-15-32/h4-11,13,17,24-26,31-32,51H,12,14-16,18-23,27-30H2,1-3H3,(H,50,52)(H,53,58)/t31-/m0/s1. The lowest BCUT2D eigenvalue weighted by Crippen LogP contribution is -2.47. The highest BCUT2D eigenvalue weighted by molar-refractivity contribution is 7.90. The number of benzene rings is 3. The van der Waals surface area contributed by atoms with Crippen LogP contribution in [0.15, 0.2) is 89.5 Å². The number of H-pyrrole nitrogens is 1. The van der Waals surface area contributed by atoms with Crippen LogP contribution in [0.3, 0.4) is 0 Å². The number of sulfonamides is 1. The number of nitro groups is 1. The number of amides is 1. The minimum absolute atomic E-state index is 0.108. The third kappa shape index (κ3) is 9.81. The van der Waals surface area contributed by atoms with E-state index in [1.807, 2.05) is 48.2 Å². The van der Waals surface area contributed by atoms with Crippen LogP contribution in [0.1, 0.15) is 68.8 Å². The van der Waals surface area contributed by atoms with Gasteiger partial charge in [-0.25, -0.2) is 13.1 Å². The maximum Gasteiger partial charge on any atom is 0.293 e. The van der Waals surface area contributed by atoms with Crippen molar-refractivity contribution in [2.75, 3.05) is 74.1 Å². The summed E-state index contributed by atoms with van der Waals surface area (Å²) in [5.41, 5.74) is 6.91. The zero-order chi connectivity index (χ0) is 45.5. The first-order valence-electron chi connectivity index (χ1n) is 22.4. The quantitative estimate of drug-likeness (QED) is 0.0803. The van der Waals surface area contributed by atoms with Crippen molar-refractivity contribution in [3.8, 4) is 5.88 Å². The molecule has 0 radical (unpaired) electrons. The van der Waals surface area contributed by atoms with Gasteiger partial charge in [0.1, 0.15) is 23.1 Å². The van der Waals surface area contributed by atoms with Gasteiger partial charge in [-0.1, -0.05) is 43.2 Å². The Labute approximate surface area is 384 Å². The first-order valence-corrected chi connectivity index (χ1v) is 24.2. The van der Waals surface area contributed by atoms with E-state index in [0.29, 0.717) is 49.2 Å². The van der Waals surface area contributed by atoms with Gasteiger partial charge in [-0.3, -0.25) is 19.8 Å². The smallest absolute Gasteiger partial charge is 0.293 e. The Morgan fingerprint density at radius 3 is 2.52 bits per heavy atom. The number of ether oxygens (including phenoxy) is 2. The molecular weight excluding hydrogens is 868 g/mol. The topological polar surface area (TPSA) is 175 Å². The summed E-state index contributed by atoms with van der Waals surface area (Å²) in [4.78, 5) is 40.2. The van der Waals surface area contributed by atoms with Crippen molar-refractivity contribution in [2.24, 2.45) is 11.3 Å². The number of piperazine rings is 1. The number of hydrogen-bond acceptors (Lipinski definition) is 12. The van der Waals surface area contributed by atoms with Gasteiger partial charge in [-0.15, -0.1) is 0 Å². The van der Waals surface area contributed by atoms with E-state index in [4.69, 9.17) is 26.1 Å². The zero-order valence-electron chi connectivity index (χ0n) is 36.9. The number of nitrogens with zero attached hydrogens (tertiary/aromatic N) is 5. The largest absolute Gasteiger partial charge is 0.471 e. The summed E-state index contributed by atoms with van der Waals surface area (Å²) in [6.45, 7) is 12.7. The Bertz CT molecular complexity index is 2750. The summed E-state index contributed by atoms with van der Waals surface area (Å²) in [5, 5.41) is 16.9. The van der Waals surface area contributed by atoms with Gasteiger partial charge >= 0.3 is 0 Å². The number of rotatable bonds is 12. The van der Waals surface area contributed by atoms with Crippen molar-refractivity contribution in [2.45, 2.75) is 63.9 Å². The van der Waals surface area contributed by atoms with Crippen LogP contribution in [0.5, 0.6) is 5.88 Å². The number of nitro benzene ring substituents is 1. The minimum atomic E-state index is -4.57. The van der Waals surface area contributed by atoms with E-state index in [1.165, 1.54) is 28.8 Å². The molecule has 3 aliphatic heterocycles. The summed E-state index contributed by atoms with van der Waals surface area (Å²) in [7, 11) is -4.57. The molecule has 0 unspecified atom stereocenters. The zero-order valence-corrected chi connectivity index (χ0v) is 38.5. The number of nitrogens with one attached hydrogen (secondary N) is 3. The fourth-order valence-corrected chi connectivity index (χ4v) is 10.6. The molecule has 65 heavy (non-hydrogen) atoms. The Kier molecular flexibility index (Phi) is 12.5. The molecule has 1 aliphatic carbocycles. The SMILES string of the molecule is C[C@H]1CN(c2cc(N3CCN(CC4=C(c5ccc(Cl)cc5)CC(C)(C)CC4)CC3)ccc2C(=O)NS(=O)(=O)c2ccc(NCC3CCOCC3)c([N+](=O)[O-])c2)c2cc3cc[nH]c3nc2O1. The van der Waals surface area contributed by atoms with Crippen LogP contribution < -0.4 is 24.6 Å². The lowest BCUT2D eigenvalue weighted by Gasteiger charge is -2.40. The molecule has 17 heteroatoms. The summed E-state index contributed by atoms with van der Waals surface area (Å²) >= 11 is 6.27. The molecule has 0 spiro atoms. The van der Waals surface area contributed by atoms with Gasteiger partial charge in [0.25, 0.3) is 21.6 Å². The van der Waals surface area contributed by atoms with Gasteiger partial charge in [0.15, 0.2) is 0 Å². The Balaban J connectivity index is 0.987. The van der Waals surface area contributed by atoms with Crippen molar-refractivity contribution in [1.29, 1.82) is 0 Å². The van der Waals surface area contributed by atoms with Crippen LogP contribution in [-0.4, -0.2) is 99.2 Å². The van der Waals surface area contributed by atoms with Crippen LogP contribution in [0, 0.1) is 21.4 Å². The molecule has 2 aromatic heterocycles. The van der Waals surface area contributed by atoms with Crippen LogP contribution in [-0.2, 0) is 14.8 Å². The van der Waals surface area contributed by atoms with E-state index in [-0.39, 0.29) is 28.7 Å². The van der Waals surface area contributed by atoms with Crippen LogP contribution >= 0.6 is 11.6 Å². The van der Waals surface area contributed by atoms with E-state index in [2.05, 4.69) is 50.8 Å². The normalized spacial score (nSPS) is 19.5. The molecule has 0 bridgehead atoms. The van der Waals surface area contributed by atoms with Crippen molar-refractivity contribution in [1.82, 2.24) is 19.6 Å². The van der Waals surface area contributed by atoms with Gasteiger partial charge in [0.2, 0.25) is 5.88 Å². The average molecular weight is 924 g/mol. The van der Waals surface area contributed by atoms with E-state index in [1.54, 1.807) is 12.3 Å². The molecule has 0 saturated carbocycles. The highest BCUT2D eigenvalue weighted by Gasteiger charge is 2.33. The van der Waals surface area contributed by atoms with Gasteiger partial charge in [-0.2, -0.15) is 4.98 Å². The second-order valence-corrected chi connectivity index (χ2v) is 20.6. The first-order chi connectivity index (χ1) is 31.2. The number of pyridine rings is 1. The van der Waals surface area contributed by atoms with Gasteiger partial charge in [0, 0.05) is 80.8 Å². The number of allylic oxidation sites excluding steroid dienone is 1. The lowest BCUT2D eigenvalue weighted by molar-refractivity contribution is -0.384. The Hall–Kier alpha value is -5.68. The van der Waals surface area contributed by atoms with E-state index in [9.17, 15) is 23.3 Å². The molecule has 2 saturated heterocycles. The van der Waals surface area contributed by atoms with E-state index in [0.717, 1.165) is 87.0 Å². The highest BCUT2D eigenvalue weighted by Crippen LogP contribution is 2.44. The first kappa shape index (κ1) is 44.5. The fraction of sp³-hybridized carbons (Fsp3) is 0.417. The number of fused-ring (bicyclic) bond motifs is 2. The summed E-state index contributed by atoms with van der Waals surface area (Å²) in [5.74, 6) is -0.222. The number of halogens is 1. The number of aromatic amines is 1. The molecular formula is C48H55ClN8O7S. The number of carbonyl (C=O) groups is 1. The Morgan fingerprint density at radius 1 is 1.00 bits per heavy atom. The molecule has 1 amide bonds. The van der Waals surface area contributed by atoms with E-state index >= 15 is 0 Å². The molecule has 342 valence electrons. The predicted molar refractivity (Wildman–Crippen MR) is 254 cm³/mol. The summed E-state index contributed by atoms with van der Waals surface area (Å²) < 4.78 is 41.7. The second-order valence-electron chi connectivity index (χ2n) is 18.5. The number of anilines is 4. The van der Waals surface area contributed by atoms with Crippen LogP contribution in [0.25, 0.3) is 16.6 Å². The molecule has 5 heterocycles. The van der Waals surface area contributed by atoms with Crippen molar-refractivity contribution in [3.05, 3.63) is 111 Å². The maximum atomic E-state index is 14.4. The summed E-state index contributed by atoms with van der Waals surface area (Å²) in [6.07, 6.45) is 6.32. The van der Waals surface area contributed by atoms with Crippen molar-refractivity contribution in [3.63, 3.8) is 0 Å². The summed E-state index contributed by atoms with van der Waals surface area (Å²) in [6, 6.07) is 21.1. The molecule has 4 aliphatic rings. The van der Waals surface area contributed by atoms with E-state index < -0.39 is 31.4 Å². The van der Waals surface area contributed by atoms with Crippen molar-refractivity contribution >= 4 is 72.6 Å². The van der Waals surface area contributed by atoms with Crippen molar-refractivity contribution < 1.29 is 27.6 Å².